The number of carbonyl (C=O) groups is 1. The Kier molecular flexibility index (Phi) is 2.67. The smallest absolute Gasteiger partial charge is 0.243 e. The topological polar surface area (TPSA) is 53.3 Å². The zero-order valence-corrected chi connectivity index (χ0v) is 9.95. The first-order valence-electron chi connectivity index (χ1n) is 5.84. The number of nitrogens with zero attached hydrogens (tertiary/aromatic N) is 2. The molecule has 4 nitrogen and oxygen atoms in total. The summed E-state index contributed by atoms with van der Waals surface area (Å²) in [5.74, 6) is 0.0117. The number of nitriles is 1. The van der Waals surface area contributed by atoms with Crippen molar-refractivity contribution in [2.45, 2.75) is 38.7 Å². The zero-order chi connectivity index (χ0) is 11.8. The minimum Gasteiger partial charge on any atom is -0.372 e. The Bertz CT molecular complexity index is 339. The van der Waals surface area contributed by atoms with Crippen LogP contribution >= 0.6 is 0 Å². The van der Waals surface area contributed by atoms with Crippen molar-refractivity contribution in [3.63, 3.8) is 0 Å². The van der Waals surface area contributed by atoms with Crippen molar-refractivity contribution in [1.82, 2.24) is 4.90 Å². The van der Waals surface area contributed by atoms with E-state index in [-0.39, 0.29) is 11.5 Å². The van der Waals surface area contributed by atoms with Gasteiger partial charge in [0, 0.05) is 13.1 Å². The summed E-state index contributed by atoms with van der Waals surface area (Å²) in [6.07, 6.45) is 2.44. The molecule has 2 rings (SSSR count). The van der Waals surface area contributed by atoms with Crippen LogP contribution in [-0.2, 0) is 9.53 Å². The van der Waals surface area contributed by atoms with E-state index >= 15 is 0 Å². The summed E-state index contributed by atoms with van der Waals surface area (Å²) >= 11 is 0. The zero-order valence-electron chi connectivity index (χ0n) is 9.95. The first-order chi connectivity index (χ1) is 7.49. The molecule has 2 aliphatic rings. The van der Waals surface area contributed by atoms with Crippen molar-refractivity contribution in [1.29, 1.82) is 5.26 Å². The molecule has 1 saturated heterocycles. The lowest BCUT2D eigenvalue weighted by molar-refractivity contribution is -0.157. The molecule has 0 radical (unpaired) electrons. The molecular weight excluding hydrogens is 204 g/mol. The Morgan fingerprint density at radius 3 is 2.56 bits per heavy atom. The highest BCUT2D eigenvalue weighted by Gasteiger charge is 2.48. The van der Waals surface area contributed by atoms with Gasteiger partial charge in [-0.25, -0.2) is 0 Å². The Morgan fingerprint density at radius 1 is 1.44 bits per heavy atom. The van der Waals surface area contributed by atoms with Crippen LogP contribution in [0, 0.1) is 16.7 Å². The summed E-state index contributed by atoms with van der Waals surface area (Å²) < 4.78 is 5.57. The van der Waals surface area contributed by atoms with Crippen LogP contribution in [0.15, 0.2) is 0 Å². The van der Waals surface area contributed by atoms with E-state index in [0.717, 1.165) is 19.3 Å². The normalized spacial score (nSPS) is 26.7. The predicted octanol–water partition coefficient (Wildman–Crippen LogP) is 1.32. The minimum atomic E-state index is -0.715. The fraction of sp³-hybridized carbons (Fsp3) is 0.833. The molecule has 0 bridgehead atoms. The van der Waals surface area contributed by atoms with E-state index in [4.69, 9.17) is 10.00 Å². The summed E-state index contributed by atoms with van der Waals surface area (Å²) in [5.41, 5.74) is -0.998. The summed E-state index contributed by atoms with van der Waals surface area (Å²) in [4.78, 5) is 14.1. The van der Waals surface area contributed by atoms with Crippen molar-refractivity contribution in [3.05, 3.63) is 0 Å². The van der Waals surface area contributed by atoms with Gasteiger partial charge in [-0.3, -0.25) is 4.79 Å². The van der Waals surface area contributed by atoms with Crippen LogP contribution in [0.4, 0.5) is 0 Å². The lowest BCUT2D eigenvalue weighted by Crippen LogP contribution is -2.56. The van der Waals surface area contributed by atoms with Crippen molar-refractivity contribution in [3.8, 4) is 6.07 Å². The molecule has 0 aromatic heterocycles. The van der Waals surface area contributed by atoms with E-state index in [0.29, 0.717) is 19.7 Å². The van der Waals surface area contributed by atoms with Gasteiger partial charge in [0.2, 0.25) is 5.91 Å². The van der Waals surface area contributed by atoms with Crippen LogP contribution in [-0.4, -0.2) is 36.1 Å². The van der Waals surface area contributed by atoms with E-state index in [1.165, 1.54) is 0 Å². The van der Waals surface area contributed by atoms with Gasteiger partial charge in [0.1, 0.15) is 5.41 Å². The number of hydrogen-bond acceptors (Lipinski definition) is 3. The molecule has 0 N–H and O–H groups in total. The van der Waals surface area contributed by atoms with E-state index in [1.807, 2.05) is 13.8 Å². The number of carbonyl (C=O) groups excluding carboxylic acids is 1. The number of rotatable bonds is 1. The van der Waals surface area contributed by atoms with Crippen molar-refractivity contribution in [2.24, 2.45) is 5.41 Å². The third kappa shape index (κ3) is 1.80. The molecule has 2 fully saturated rings. The summed E-state index contributed by atoms with van der Waals surface area (Å²) in [6, 6.07) is 2.21. The molecule has 4 heteroatoms. The monoisotopic (exact) mass is 222 g/mol. The highest BCUT2D eigenvalue weighted by Crippen LogP contribution is 2.42. The van der Waals surface area contributed by atoms with Gasteiger partial charge in [-0.15, -0.1) is 0 Å². The van der Waals surface area contributed by atoms with Gasteiger partial charge in [0.05, 0.1) is 18.3 Å². The molecule has 88 valence electrons. The first-order valence-corrected chi connectivity index (χ1v) is 5.84. The SMILES string of the molecule is CC1(C)CN(C(=O)C2(C#N)CCC2)CCO1. The number of morpholine rings is 1. The van der Waals surface area contributed by atoms with Crippen LogP contribution < -0.4 is 0 Å². The highest BCUT2D eigenvalue weighted by molar-refractivity contribution is 5.86. The maximum atomic E-state index is 12.3. The first kappa shape index (κ1) is 11.4. The second-order valence-corrected chi connectivity index (χ2v) is 5.38. The number of ether oxygens (including phenoxy) is 1. The highest BCUT2D eigenvalue weighted by atomic mass is 16.5. The second-order valence-electron chi connectivity index (χ2n) is 5.38. The summed E-state index contributed by atoms with van der Waals surface area (Å²) in [5, 5.41) is 9.14. The van der Waals surface area contributed by atoms with E-state index in [9.17, 15) is 4.79 Å². The molecule has 1 heterocycles. The molecule has 1 amide bonds. The van der Waals surface area contributed by atoms with Crippen molar-refractivity contribution in [2.75, 3.05) is 19.7 Å². The number of hydrogen-bond donors (Lipinski definition) is 0. The molecule has 1 saturated carbocycles. The Labute approximate surface area is 96.2 Å². The van der Waals surface area contributed by atoms with Gasteiger partial charge in [0.25, 0.3) is 0 Å². The van der Waals surface area contributed by atoms with Gasteiger partial charge in [-0.1, -0.05) is 0 Å². The van der Waals surface area contributed by atoms with Crippen LogP contribution in [0.3, 0.4) is 0 Å². The standard InChI is InChI=1S/C12H18N2O2/c1-11(2)9-14(6-7-16-11)10(15)12(8-13)4-3-5-12/h3-7,9H2,1-2H3. The Morgan fingerprint density at radius 2 is 2.12 bits per heavy atom. The van der Waals surface area contributed by atoms with E-state index < -0.39 is 5.41 Å². The fourth-order valence-electron chi connectivity index (χ4n) is 2.40. The Hall–Kier alpha value is -1.08. The molecule has 0 unspecified atom stereocenters. The molecule has 16 heavy (non-hydrogen) atoms. The van der Waals surface area contributed by atoms with Gasteiger partial charge in [0.15, 0.2) is 0 Å². The lowest BCUT2D eigenvalue weighted by Gasteiger charge is -2.43. The maximum absolute atomic E-state index is 12.3. The van der Waals surface area contributed by atoms with Crippen LogP contribution in [0.2, 0.25) is 0 Å². The third-order valence-corrected chi connectivity index (χ3v) is 3.54. The average molecular weight is 222 g/mol. The molecule has 0 spiro atoms. The molecule has 1 aliphatic heterocycles. The molecule has 1 aliphatic carbocycles. The molecule has 0 atom stereocenters. The average Bonchev–Trinajstić information content (AvgIpc) is 2.15. The van der Waals surface area contributed by atoms with Crippen molar-refractivity contribution >= 4 is 5.91 Å². The second kappa shape index (κ2) is 3.74. The van der Waals surface area contributed by atoms with E-state index in [1.54, 1.807) is 4.90 Å². The third-order valence-electron chi connectivity index (χ3n) is 3.54. The predicted molar refractivity (Wildman–Crippen MR) is 58.5 cm³/mol. The number of amides is 1. The maximum Gasteiger partial charge on any atom is 0.243 e. The van der Waals surface area contributed by atoms with Crippen LogP contribution in [0.1, 0.15) is 33.1 Å². The van der Waals surface area contributed by atoms with Gasteiger partial charge >= 0.3 is 0 Å². The summed E-state index contributed by atoms with van der Waals surface area (Å²) in [7, 11) is 0. The molecule has 0 aromatic rings. The fourth-order valence-corrected chi connectivity index (χ4v) is 2.40. The van der Waals surface area contributed by atoms with Crippen LogP contribution in [0.5, 0.6) is 0 Å². The van der Waals surface area contributed by atoms with Crippen molar-refractivity contribution < 1.29 is 9.53 Å². The van der Waals surface area contributed by atoms with E-state index in [2.05, 4.69) is 6.07 Å². The van der Waals surface area contributed by atoms with Gasteiger partial charge < -0.3 is 9.64 Å². The molecular formula is C12H18N2O2. The lowest BCUT2D eigenvalue weighted by atomic mass is 9.69. The Balaban J connectivity index is 2.08. The van der Waals surface area contributed by atoms with Gasteiger partial charge in [-0.05, 0) is 33.1 Å². The van der Waals surface area contributed by atoms with Gasteiger partial charge in [-0.2, -0.15) is 5.26 Å². The van der Waals surface area contributed by atoms with Crippen LogP contribution in [0.25, 0.3) is 0 Å². The minimum absolute atomic E-state index is 0.0117. The summed E-state index contributed by atoms with van der Waals surface area (Å²) in [6.45, 7) is 5.74. The molecule has 0 aromatic carbocycles. The largest absolute Gasteiger partial charge is 0.372 e. The quantitative estimate of drug-likeness (QED) is 0.672.